The summed E-state index contributed by atoms with van der Waals surface area (Å²) in [6.07, 6.45) is 2.99. The SMILES string of the molecule is C=CCN1C(=O)/C(=C/c2cc(Cl)c(OCc3cccc4ccccc34)c(OCC)c2)C(=O)NC1=S. The molecule has 0 saturated carbocycles. The van der Waals surface area contributed by atoms with Crippen LogP contribution < -0.4 is 14.8 Å². The molecule has 0 atom stereocenters. The summed E-state index contributed by atoms with van der Waals surface area (Å²) in [6.45, 7) is 6.32. The van der Waals surface area contributed by atoms with E-state index in [0.717, 1.165) is 16.3 Å². The molecule has 0 spiro atoms. The summed E-state index contributed by atoms with van der Waals surface area (Å²) in [5.74, 6) is -0.290. The Morgan fingerprint density at radius 1 is 1.11 bits per heavy atom. The second-order valence-electron chi connectivity index (χ2n) is 7.71. The van der Waals surface area contributed by atoms with Crippen molar-refractivity contribution in [1.82, 2.24) is 10.2 Å². The standard InChI is InChI=1S/C27H23ClN2O4S/c1-3-12-30-26(32)21(25(31)29-27(30)35)13-17-14-22(28)24(23(15-17)33-4-2)34-16-19-10-7-9-18-8-5-6-11-20(18)19/h3,5-11,13-15H,1,4,12,16H2,2H3,(H,29,31,35)/b21-13+. The third-order valence-electron chi connectivity index (χ3n) is 5.39. The maximum atomic E-state index is 12.8. The first-order chi connectivity index (χ1) is 16.9. The number of nitrogens with one attached hydrogen (secondary N) is 1. The van der Waals surface area contributed by atoms with E-state index in [1.807, 2.05) is 49.4 Å². The highest BCUT2D eigenvalue weighted by molar-refractivity contribution is 7.80. The number of ether oxygens (including phenoxy) is 2. The molecule has 35 heavy (non-hydrogen) atoms. The molecule has 4 rings (SSSR count). The van der Waals surface area contributed by atoms with Crippen molar-refractivity contribution in [3.63, 3.8) is 0 Å². The maximum absolute atomic E-state index is 12.8. The fourth-order valence-corrected chi connectivity index (χ4v) is 4.32. The fraction of sp³-hybridized carbons (Fsp3) is 0.148. The molecule has 1 fully saturated rings. The average molecular weight is 507 g/mol. The molecule has 1 aliphatic heterocycles. The minimum Gasteiger partial charge on any atom is -0.490 e. The topological polar surface area (TPSA) is 67.9 Å². The minimum absolute atomic E-state index is 0.0438. The van der Waals surface area contributed by atoms with Crippen LogP contribution in [0.25, 0.3) is 16.8 Å². The number of benzene rings is 3. The molecule has 1 aliphatic rings. The molecule has 2 amide bonds. The predicted octanol–water partition coefficient (Wildman–Crippen LogP) is 5.28. The predicted molar refractivity (Wildman–Crippen MR) is 142 cm³/mol. The van der Waals surface area contributed by atoms with Crippen LogP contribution in [0.2, 0.25) is 5.02 Å². The number of fused-ring (bicyclic) bond motifs is 1. The molecular weight excluding hydrogens is 484 g/mol. The number of carbonyl (C=O) groups is 2. The third-order valence-corrected chi connectivity index (χ3v) is 6.00. The summed E-state index contributed by atoms with van der Waals surface area (Å²) in [5.41, 5.74) is 1.46. The van der Waals surface area contributed by atoms with Gasteiger partial charge in [0.25, 0.3) is 11.8 Å². The summed E-state index contributed by atoms with van der Waals surface area (Å²) in [5, 5.41) is 5.08. The van der Waals surface area contributed by atoms with Crippen molar-refractivity contribution in [3.8, 4) is 11.5 Å². The largest absolute Gasteiger partial charge is 0.490 e. The lowest BCUT2D eigenvalue weighted by Gasteiger charge is -2.27. The van der Waals surface area contributed by atoms with Crippen molar-refractivity contribution in [2.24, 2.45) is 0 Å². The Labute approximate surface area is 213 Å². The van der Waals surface area contributed by atoms with Gasteiger partial charge in [0, 0.05) is 6.54 Å². The highest BCUT2D eigenvalue weighted by Crippen LogP contribution is 2.38. The van der Waals surface area contributed by atoms with Crippen LogP contribution >= 0.6 is 23.8 Å². The molecule has 0 unspecified atom stereocenters. The highest BCUT2D eigenvalue weighted by atomic mass is 35.5. The molecule has 1 N–H and O–H groups in total. The Morgan fingerprint density at radius 3 is 2.66 bits per heavy atom. The number of amides is 2. The maximum Gasteiger partial charge on any atom is 0.265 e. The lowest BCUT2D eigenvalue weighted by Crippen LogP contribution is -2.53. The molecule has 3 aromatic carbocycles. The van der Waals surface area contributed by atoms with Gasteiger partial charge in [-0.25, -0.2) is 0 Å². The van der Waals surface area contributed by atoms with E-state index in [1.54, 1.807) is 12.1 Å². The summed E-state index contributed by atoms with van der Waals surface area (Å²) in [4.78, 5) is 26.6. The van der Waals surface area contributed by atoms with Crippen molar-refractivity contribution < 1.29 is 19.1 Å². The van der Waals surface area contributed by atoms with E-state index in [1.165, 1.54) is 17.1 Å². The molecule has 0 radical (unpaired) electrons. The van der Waals surface area contributed by atoms with E-state index >= 15 is 0 Å². The van der Waals surface area contributed by atoms with Crippen molar-refractivity contribution in [2.75, 3.05) is 13.2 Å². The highest BCUT2D eigenvalue weighted by Gasteiger charge is 2.32. The molecule has 178 valence electrons. The van der Waals surface area contributed by atoms with Gasteiger partial charge in [0.05, 0.1) is 11.6 Å². The van der Waals surface area contributed by atoms with Gasteiger partial charge in [-0.2, -0.15) is 0 Å². The summed E-state index contributed by atoms with van der Waals surface area (Å²) in [6, 6.07) is 17.4. The molecule has 0 aromatic heterocycles. The van der Waals surface area contributed by atoms with E-state index in [0.29, 0.717) is 28.7 Å². The van der Waals surface area contributed by atoms with E-state index in [-0.39, 0.29) is 23.8 Å². The van der Waals surface area contributed by atoms with E-state index < -0.39 is 11.8 Å². The van der Waals surface area contributed by atoms with Crippen LogP contribution in [0.4, 0.5) is 0 Å². The zero-order chi connectivity index (χ0) is 24.9. The van der Waals surface area contributed by atoms with Crippen LogP contribution in [-0.2, 0) is 16.2 Å². The van der Waals surface area contributed by atoms with Crippen LogP contribution in [0.5, 0.6) is 11.5 Å². The molecule has 6 nitrogen and oxygen atoms in total. The lowest BCUT2D eigenvalue weighted by molar-refractivity contribution is -0.128. The van der Waals surface area contributed by atoms with Crippen molar-refractivity contribution in [1.29, 1.82) is 0 Å². The zero-order valence-corrected chi connectivity index (χ0v) is 20.6. The normalized spacial score (nSPS) is 14.9. The molecule has 0 aliphatic carbocycles. The van der Waals surface area contributed by atoms with Gasteiger partial charge in [0.1, 0.15) is 12.2 Å². The Bertz CT molecular complexity index is 1360. The number of nitrogens with zero attached hydrogens (tertiary/aromatic N) is 1. The summed E-state index contributed by atoms with van der Waals surface area (Å²) in [7, 11) is 0. The van der Waals surface area contributed by atoms with Gasteiger partial charge in [-0.3, -0.25) is 19.8 Å². The third kappa shape index (κ3) is 5.21. The van der Waals surface area contributed by atoms with Crippen molar-refractivity contribution in [3.05, 3.63) is 89.0 Å². The molecule has 3 aromatic rings. The van der Waals surface area contributed by atoms with Gasteiger partial charge in [0.15, 0.2) is 16.6 Å². The number of thiocarbonyl (C=S) groups is 1. The number of halogens is 1. The summed E-state index contributed by atoms with van der Waals surface area (Å²) >= 11 is 11.7. The van der Waals surface area contributed by atoms with Crippen molar-refractivity contribution >= 4 is 57.6 Å². The average Bonchev–Trinajstić information content (AvgIpc) is 2.84. The van der Waals surface area contributed by atoms with Gasteiger partial charge in [-0.15, -0.1) is 6.58 Å². The molecule has 1 heterocycles. The Hall–Kier alpha value is -3.68. The molecular formula is C27H23ClN2O4S. The van der Waals surface area contributed by atoms with Crippen LogP contribution in [0.15, 0.2) is 72.8 Å². The van der Waals surface area contributed by atoms with E-state index in [2.05, 4.69) is 11.9 Å². The monoisotopic (exact) mass is 506 g/mol. The zero-order valence-electron chi connectivity index (χ0n) is 19.0. The number of rotatable bonds is 8. The van der Waals surface area contributed by atoms with Crippen LogP contribution in [0.3, 0.4) is 0 Å². The molecule has 8 heteroatoms. The first-order valence-corrected chi connectivity index (χ1v) is 11.8. The summed E-state index contributed by atoms with van der Waals surface area (Å²) < 4.78 is 11.9. The van der Waals surface area contributed by atoms with Gasteiger partial charge >= 0.3 is 0 Å². The van der Waals surface area contributed by atoms with Gasteiger partial charge in [0.2, 0.25) is 0 Å². The van der Waals surface area contributed by atoms with E-state index in [4.69, 9.17) is 33.3 Å². The van der Waals surface area contributed by atoms with Gasteiger partial charge in [-0.05, 0) is 59.2 Å². The lowest BCUT2D eigenvalue weighted by atomic mass is 10.1. The minimum atomic E-state index is -0.578. The first kappa shape index (κ1) is 24.4. The van der Waals surface area contributed by atoms with Crippen molar-refractivity contribution in [2.45, 2.75) is 13.5 Å². The molecule has 1 saturated heterocycles. The quantitative estimate of drug-likeness (QED) is 0.195. The fourth-order valence-electron chi connectivity index (χ4n) is 3.80. The molecule has 0 bridgehead atoms. The Morgan fingerprint density at radius 2 is 1.89 bits per heavy atom. The number of carbonyl (C=O) groups excluding carboxylic acids is 2. The number of hydrogen-bond donors (Lipinski definition) is 1. The van der Waals surface area contributed by atoms with E-state index in [9.17, 15) is 9.59 Å². The number of hydrogen-bond acceptors (Lipinski definition) is 5. The second kappa shape index (κ2) is 10.7. The first-order valence-electron chi connectivity index (χ1n) is 11.0. The Kier molecular flexibility index (Phi) is 7.48. The smallest absolute Gasteiger partial charge is 0.265 e. The van der Waals surface area contributed by atoms with Crippen LogP contribution in [-0.4, -0.2) is 35.0 Å². The van der Waals surface area contributed by atoms with Gasteiger partial charge in [-0.1, -0.05) is 60.1 Å². The van der Waals surface area contributed by atoms with Crippen LogP contribution in [0, 0.1) is 0 Å². The Balaban J connectivity index is 1.65. The van der Waals surface area contributed by atoms with Gasteiger partial charge < -0.3 is 9.47 Å². The van der Waals surface area contributed by atoms with Crippen LogP contribution in [0.1, 0.15) is 18.1 Å². The second-order valence-corrected chi connectivity index (χ2v) is 8.51.